The van der Waals surface area contributed by atoms with Gasteiger partial charge in [-0.15, -0.1) is 0 Å². The van der Waals surface area contributed by atoms with E-state index in [0.29, 0.717) is 5.25 Å². The summed E-state index contributed by atoms with van der Waals surface area (Å²) in [5.74, 6) is -0.0420. The average Bonchev–Trinajstić information content (AvgIpc) is 2.97. The van der Waals surface area contributed by atoms with E-state index in [0.717, 1.165) is 25.0 Å². The number of likely N-dealkylation sites (tertiary alicyclic amines) is 1. The van der Waals surface area contributed by atoms with Crippen LogP contribution >= 0.6 is 11.8 Å². The molecule has 0 radical (unpaired) electrons. The smallest absolute Gasteiger partial charge is 0.326 e. The quantitative estimate of drug-likeness (QED) is 0.717. The topological polar surface area (TPSA) is 89.9 Å². The van der Waals surface area contributed by atoms with E-state index in [1.807, 2.05) is 11.8 Å². The molecule has 0 aromatic rings. The highest BCUT2D eigenvalue weighted by molar-refractivity contribution is 7.99. The summed E-state index contributed by atoms with van der Waals surface area (Å²) in [6.45, 7) is 2.19. The molecule has 0 bridgehead atoms. The molecule has 0 aromatic carbocycles. The summed E-state index contributed by atoms with van der Waals surface area (Å²) in [6.07, 6.45) is 2.49. The molecule has 3 N–H and O–H groups in total. The van der Waals surface area contributed by atoms with Crippen molar-refractivity contribution in [3.63, 3.8) is 0 Å². The Balaban J connectivity index is 1.95. The van der Waals surface area contributed by atoms with E-state index >= 15 is 0 Å². The second-order valence-corrected chi connectivity index (χ2v) is 6.89. The Hall–Kier alpha value is -0.950. The maximum atomic E-state index is 12.2. The molecule has 2 fully saturated rings. The number of thioether (sulfide) groups is 1. The Labute approximate surface area is 122 Å². The summed E-state index contributed by atoms with van der Waals surface area (Å²) in [5.41, 5.74) is 0. The molecular formula is C13H22N2O4S. The van der Waals surface area contributed by atoms with Crippen LogP contribution in [0, 0.1) is 0 Å². The van der Waals surface area contributed by atoms with Gasteiger partial charge in [-0.3, -0.25) is 0 Å². The summed E-state index contributed by atoms with van der Waals surface area (Å²) in [5, 5.41) is 22.1. The summed E-state index contributed by atoms with van der Waals surface area (Å²) < 4.78 is 0. The number of aliphatic carboxylic acids is 1. The van der Waals surface area contributed by atoms with Crippen molar-refractivity contribution >= 4 is 23.8 Å². The van der Waals surface area contributed by atoms with Crippen molar-refractivity contribution in [2.45, 2.75) is 56.0 Å². The molecule has 4 atom stereocenters. The normalized spacial score (nSPS) is 33.4. The van der Waals surface area contributed by atoms with Gasteiger partial charge in [-0.1, -0.05) is 13.3 Å². The van der Waals surface area contributed by atoms with Crippen molar-refractivity contribution in [3.05, 3.63) is 0 Å². The maximum Gasteiger partial charge on any atom is 0.326 e. The van der Waals surface area contributed by atoms with E-state index in [1.54, 1.807) is 0 Å². The van der Waals surface area contributed by atoms with Crippen LogP contribution < -0.4 is 5.32 Å². The van der Waals surface area contributed by atoms with Gasteiger partial charge in [0, 0.05) is 24.3 Å². The predicted octanol–water partition coefficient (Wildman–Crippen LogP) is 0.890. The summed E-state index contributed by atoms with van der Waals surface area (Å²) >= 11 is 1.84. The molecule has 1 aliphatic carbocycles. The Morgan fingerprint density at radius 2 is 2.15 bits per heavy atom. The Bertz CT molecular complexity index is 379. The van der Waals surface area contributed by atoms with Crippen molar-refractivity contribution < 1.29 is 19.8 Å². The fraction of sp³-hybridized carbons (Fsp3) is 0.846. The number of nitrogens with zero attached hydrogens (tertiary/aromatic N) is 1. The van der Waals surface area contributed by atoms with Gasteiger partial charge >= 0.3 is 12.0 Å². The van der Waals surface area contributed by atoms with Gasteiger partial charge in [-0.2, -0.15) is 11.8 Å². The van der Waals surface area contributed by atoms with Crippen LogP contribution in [-0.2, 0) is 4.79 Å². The molecule has 3 unspecified atom stereocenters. The van der Waals surface area contributed by atoms with Crippen LogP contribution in [0.3, 0.4) is 0 Å². The van der Waals surface area contributed by atoms with Crippen LogP contribution in [-0.4, -0.2) is 62.8 Å². The number of urea groups is 1. The summed E-state index contributed by atoms with van der Waals surface area (Å²) in [7, 11) is 0. The number of carbonyl (C=O) groups excluding carboxylic acids is 1. The molecule has 2 amide bonds. The Morgan fingerprint density at radius 3 is 2.80 bits per heavy atom. The number of β-amino-alcohol motifs (C(OH)–C–C–N with tert-alkyl or cyclic N) is 1. The zero-order chi connectivity index (χ0) is 14.7. The van der Waals surface area contributed by atoms with Crippen LogP contribution in [0.2, 0.25) is 0 Å². The fourth-order valence-electron chi connectivity index (χ4n) is 3.02. The highest BCUT2D eigenvalue weighted by Crippen LogP contribution is 2.30. The molecule has 1 aliphatic heterocycles. The predicted molar refractivity (Wildman–Crippen MR) is 76.8 cm³/mol. The van der Waals surface area contributed by atoms with E-state index in [-0.39, 0.29) is 25.0 Å². The van der Waals surface area contributed by atoms with Crippen LogP contribution in [0.15, 0.2) is 0 Å². The summed E-state index contributed by atoms with van der Waals surface area (Å²) in [6, 6.07) is -1.16. The first kappa shape index (κ1) is 15.4. The molecule has 1 saturated heterocycles. The minimum atomic E-state index is -1.05. The molecule has 2 rings (SSSR count). The molecule has 20 heavy (non-hydrogen) atoms. The van der Waals surface area contributed by atoms with Gasteiger partial charge in [0.15, 0.2) is 0 Å². The van der Waals surface area contributed by atoms with Crippen LogP contribution in [0.4, 0.5) is 4.79 Å². The second kappa shape index (κ2) is 6.67. The number of hydrogen-bond donors (Lipinski definition) is 3. The third kappa shape index (κ3) is 3.38. The average molecular weight is 302 g/mol. The SMILES string of the molecule is CCSC1CCCC1NC(=O)N1CC(O)C[C@H]1C(=O)O. The van der Waals surface area contributed by atoms with Gasteiger partial charge in [-0.05, 0) is 18.6 Å². The number of aliphatic hydroxyl groups is 1. The molecule has 1 saturated carbocycles. The largest absolute Gasteiger partial charge is 0.480 e. The first-order valence-electron chi connectivity index (χ1n) is 7.12. The van der Waals surface area contributed by atoms with E-state index in [2.05, 4.69) is 12.2 Å². The van der Waals surface area contributed by atoms with Crippen molar-refractivity contribution in [2.75, 3.05) is 12.3 Å². The number of carboxylic acid groups (broad SMARTS) is 1. The zero-order valence-corrected chi connectivity index (χ0v) is 12.4. The van der Waals surface area contributed by atoms with E-state index in [4.69, 9.17) is 5.11 Å². The Morgan fingerprint density at radius 1 is 1.40 bits per heavy atom. The number of hydrogen-bond acceptors (Lipinski definition) is 4. The molecule has 0 aromatic heterocycles. The number of carbonyl (C=O) groups is 2. The highest BCUT2D eigenvalue weighted by atomic mass is 32.2. The lowest BCUT2D eigenvalue weighted by atomic mass is 10.2. The first-order chi connectivity index (χ1) is 9.52. The minimum Gasteiger partial charge on any atom is -0.480 e. The number of carboxylic acids is 1. The van der Waals surface area contributed by atoms with E-state index in [1.165, 1.54) is 4.90 Å². The van der Waals surface area contributed by atoms with Gasteiger partial charge in [-0.25, -0.2) is 9.59 Å². The van der Waals surface area contributed by atoms with Crippen LogP contribution in [0.25, 0.3) is 0 Å². The van der Waals surface area contributed by atoms with Crippen molar-refractivity contribution in [3.8, 4) is 0 Å². The molecular weight excluding hydrogens is 280 g/mol. The fourth-order valence-corrected chi connectivity index (χ4v) is 4.22. The zero-order valence-electron chi connectivity index (χ0n) is 11.6. The number of amides is 2. The van der Waals surface area contributed by atoms with Gasteiger partial charge in [0.1, 0.15) is 6.04 Å². The molecule has 2 aliphatic rings. The number of nitrogens with one attached hydrogen (secondary N) is 1. The van der Waals surface area contributed by atoms with Crippen LogP contribution in [0.1, 0.15) is 32.6 Å². The lowest BCUT2D eigenvalue weighted by Crippen LogP contribution is -2.50. The monoisotopic (exact) mass is 302 g/mol. The molecule has 6 nitrogen and oxygen atoms in total. The van der Waals surface area contributed by atoms with E-state index < -0.39 is 18.1 Å². The van der Waals surface area contributed by atoms with Gasteiger partial charge in [0.05, 0.1) is 6.10 Å². The first-order valence-corrected chi connectivity index (χ1v) is 8.17. The van der Waals surface area contributed by atoms with Crippen molar-refractivity contribution in [1.29, 1.82) is 0 Å². The van der Waals surface area contributed by atoms with Crippen molar-refractivity contribution in [1.82, 2.24) is 10.2 Å². The standard InChI is InChI=1S/C13H22N2O4S/c1-2-20-11-5-3-4-9(11)14-13(19)15-7-8(16)6-10(15)12(17)18/h8-11,16H,2-7H2,1H3,(H,14,19)(H,17,18)/t8?,9?,10-,11?/m0/s1. The minimum absolute atomic E-state index is 0.0983. The molecule has 1 heterocycles. The molecule has 0 spiro atoms. The highest BCUT2D eigenvalue weighted by Gasteiger charge is 2.40. The third-order valence-electron chi connectivity index (χ3n) is 3.97. The van der Waals surface area contributed by atoms with Crippen LogP contribution in [0.5, 0.6) is 0 Å². The van der Waals surface area contributed by atoms with Gasteiger partial charge in [0.2, 0.25) is 0 Å². The van der Waals surface area contributed by atoms with Crippen molar-refractivity contribution in [2.24, 2.45) is 0 Å². The van der Waals surface area contributed by atoms with Gasteiger partial charge in [0.25, 0.3) is 0 Å². The second-order valence-electron chi connectivity index (χ2n) is 5.38. The van der Waals surface area contributed by atoms with Gasteiger partial charge < -0.3 is 20.4 Å². The number of aliphatic hydroxyl groups excluding tert-OH is 1. The maximum absolute atomic E-state index is 12.2. The molecule has 7 heteroatoms. The van der Waals surface area contributed by atoms with E-state index in [9.17, 15) is 14.7 Å². The lowest BCUT2D eigenvalue weighted by molar-refractivity contribution is -0.141. The number of rotatable bonds is 4. The third-order valence-corrected chi connectivity index (χ3v) is 5.29. The Kier molecular flexibility index (Phi) is 5.15. The summed E-state index contributed by atoms with van der Waals surface area (Å²) in [4.78, 5) is 24.6. The lowest BCUT2D eigenvalue weighted by Gasteiger charge is -2.26. The molecule has 114 valence electrons.